The van der Waals surface area contributed by atoms with Crippen LogP contribution in [0.25, 0.3) is 0 Å². The Bertz CT molecular complexity index is 376. The summed E-state index contributed by atoms with van der Waals surface area (Å²) in [6, 6.07) is 2.09. The number of nitrogens with one attached hydrogen (secondary N) is 1. The van der Waals surface area contributed by atoms with Gasteiger partial charge in [-0.25, -0.2) is 0 Å². The first kappa shape index (κ1) is 13.0. The molecule has 0 radical (unpaired) electrons. The van der Waals surface area contributed by atoms with Gasteiger partial charge < -0.3 is 10.2 Å². The number of carbonyl (C=O) groups is 1. The molecule has 5 heteroatoms. The van der Waals surface area contributed by atoms with Gasteiger partial charge in [0.15, 0.2) is 0 Å². The lowest BCUT2D eigenvalue weighted by molar-refractivity contribution is 0.0642. The van der Waals surface area contributed by atoms with Gasteiger partial charge in [0.05, 0.1) is 18.0 Å². The van der Waals surface area contributed by atoms with E-state index in [1.807, 2.05) is 4.90 Å². The fraction of sp³-hybridized carbons (Fsp3) is 0.615. The first-order valence-electron chi connectivity index (χ1n) is 6.61. The van der Waals surface area contributed by atoms with E-state index >= 15 is 0 Å². The predicted octanol–water partition coefficient (Wildman–Crippen LogP) is 1.08. The molecule has 2 heterocycles. The molecular weight excluding hydrogens is 228 g/mol. The first-order valence-corrected chi connectivity index (χ1v) is 6.61. The van der Waals surface area contributed by atoms with Crippen molar-refractivity contribution in [2.75, 3.05) is 19.6 Å². The van der Waals surface area contributed by atoms with Crippen LogP contribution < -0.4 is 5.32 Å². The fourth-order valence-electron chi connectivity index (χ4n) is 2.39. The number of amides is 1. The number of carbonyl (C=O) groups excluding carboxylic acids is 1. The number of nitrogens with zero attached hydrogens (tertiary/aromatic N) is 3. The topological polar surface area (TPSA) is 58.1 Å². The lowest BCUT2D eigenvalue weighted by atomic mass is 10.0. The van der Waals surface area contributed by atoms with Crippen LogP contribution in [0.3, 0.4) is 0 Å². The maximum atomic E-state index is 12.5. The van der Waals surface area contributed by atoms with Gasteiger partial charge in [0, 0.05) is 12.6 Å². The summed E-state index contributed by atoms with van der Waals surface area (Å²) in [5, 5.41) is 10.8. The third-order valence-electron chi connectivity index (χ3n) is 3.31. The highest BCUT2D eigenvalue weighted by Crippen LogP contribution is 2.15. The maximum Gasteiger partial charge on any atom is 0.255 e. The molecule has 1 fully saturated rings. The van der Waals surface area contributed by atoms with Gasteiger partial charge in [0.25, 0.3) is 5.91 Å². The molecule has 1 aliphatic heterocycles. The van der Waals surface area contributed by atoms with E-state index in [2.05, 4.69) is 22.4 Å². The SMILES string of the molecule is CCCN(C(=O)c1ccnnc1)C1CCNCC1. The van der Waals surface area contributed by atoms with Crippen LogP contribution in [0.5, 0.6) is 0 Å². The lowest BCUT2D eigenvalue weighted by Crippen LogP contribution is -2.46. The Labute approximate surface area is 108 Å². The van der Waals surface area contributed by atoms with E-state index < -0.39 is 0 Å². The predicted molar refractivity (Wildman–Crippen MR) is 69.3 cm³/mol. The van der Waals surface area contributed by atoms with Crippen molar-refractivity contribution in [3.63, 3.8) is 0 Å². The molecule has 0 saturated carbocycles. The van der Waals surface area contributed by atoms with Crippen LogP contribution in [-0.4, -0.2) is 46.7 Å². The third kappa shape index (κ3) is 3.04. The van der Waals surface area contributed by atoms with E-state index in [1.165, 1.54) is 0 Å². The van der Waals surface area contributed by atoms with Crippen molar-refractivity contribution >= 4 is 5.91 Å². The molecule has 1 aliphatic rings. The third-order valence-corrected chi connectivity index (χ3v) is 3.31. The molecule has 1 aromatic rings. The molecule has 0 atom stereocenters. The van der Waals surface area contributed by atoms with Gasteiger partial charge >= 0.3 is 0 Å². The zero-order valence-electron chi connectivity index (χ0n) is 10.8. The van der Waals surface area contributed by atoms with Crippen molar-refractivity contribution in [3.8, 4) is 0 Å². The summed E-state index contributed by atoms with van der Waals surface area (Å²) in [4.78, 5) is 14.5. The van der Waals surface area contributed by atoms with Crippen molar-refractivity contribution in [1.82, 2.24) is 20.4 Å². The van der Waals surface area contributed by atoms with Crippen LogP contribution in [0.4, 0.5) is 0 Å². The van der Waals surface area contributed by atoms with Crippen LogP contribution >= 0.6 is 0 Å². The van der Waals surface area contributed by atoms with E-state index in [-0.39, 0.29) is 5.91 Å². The molecule has 1 N–H and O–H groups in total. The van der Waals surface area contributed by atoms with Crippen molar-refractivity contribution < 1.29 is 4.79 Å². The van der Waals surface area contributed by atoms with E-state index in [4.69, 9.17) is 0 Å². The van der Waals surface area contributed by atoms with Gasteiger partial charge in [-0.1, -0.05) is 6.92 Å². The Hall–Kier alpha value is -1.49. The van der Waals surface area contributed by atoms with Crippen molar-refractivity contribution in [3.05, 3.63) is 24.0 Å². The normalized spacial score (nSPS) is 16.5. The summed E-state index contributed by atoms with van der Waals surface area (Å²) < 4.78 is 0. The maximum absolute atomic E-state index is 12.5. The molecule has 18 heavy (non-hydrogen) atoms. The quantitative estimate of drug-likeness (QED) is 0.866. The highest BCUT2D eigenvalue weighted by atomic mass is 16.2. The second-order valence-corrected chi connectivity index (χ2v) is 4.61. The van der Waals surface area contributed by atoms with E-state index in [0.29, 0.717) is 11.6 Å². The monoisotopic (exact) mass is 248 g/mol. The number of piperidine rings is 1. The first-order chi connectivity index (χ1) is 8.83. The highest BCUT2D eigenvalue weighted by molar-refractivity contribution is 5.94. The van der Waals surface area contributed by atoms with Gasteiger partial charge in [-0.3, -0.25) is 4.79 Å². The molecule has 0 bridgehead atoms. The average Bonchev–Trinajstić information content (AvgIpc) is 2.46. The smallest absolute Gasteiger partial charge is 0.255 e. The van der Waals surface area contributed by atoms with Crippen LogP contribution in [0.15, 0.2) is 18.5 Å². The molecule has 0 spiro atoms. The zero-order chi connectivity index (χ0) is 12.8. The average molecular weight is 248 g/mol. The van der Waals surface area contributed by atoms with Gasteiger partial charge in [-0.2, -0.15) is 10.2 Å². The number of hydrogen-bond donors (Lipinski definition) is 1. The Morgan fingerprint density at radius 3 is 2.83 bits per heavy atom. The van der Waals surface area contributed by atoms with Gasteiger partial charge in [0.1, 0.15) is 0 Å². The van der Waals surface area contributed by atoms with Gasteiger partial charge in [-0.05, 0) is 38.4 Å². The van der Waals surface area contributed by atoms with Crippen molar-refractivity contribution in [2.24, 2.45) is 0 Å². The molecule has 98 valence electrons. The van der Waals surface area contributed by atoms with Gasteiger partial charge in [-0.15, -0.1) is 0 Å². The lowest BCUT2D eigenvalue weighted by Gasteiger charge is -2.34. The fourth-order valence-corrected chi connectivity index (χ4v) is 2.39. The second kappa shape index (κ2) is 6.44. The molecular formula is C13H20N4O. The molecule has 0 aromatic carbocycles. The molecule has 5 nitrogen and oxygen atoms in total. The molecule has 1 saturated heterocycles. The van der Waals surface area contributed by atoms with Crippen molar-refractivity contribution in [2.45, 2.75) is 32.2 Å². The molecule has 1 amide bonds. The van der Waals surface area contributed by atoms with Crippen LogP contribution in [0.1, 0.15) is 36.5 Å². The standard InChI is InChI=1S/C13H20N4O/c1-2-9-17(12-4-6-14-7-5-12)13(18)11-3-8-15-16-10-11/h3,8,10,12,14H,2,4-7,9H2,1H3. The molecule has 1 aromatic heterocycles. The summed E-state index contributed by atoms with van der Waals surface area (Å²) in [5.74, 6) is 0.0821. The number of hydrogen-bond acceptors (Lipinski definition) is 4. The van der Waals surface area contributed by atoms with Crippen LogP contribution in [0.2, 0.25) is 0 Å². The zero-order valence-corrected chi connectivity index (χ0v) is 10.8. The summed E-state index contributed by atoms with van der Waals surface area (Å²) in [5.41, 5.74) is 0.636. The Morgan fingerprint density at radius 1 is 1.44 bits per heavy atom. The Kier molecular flexibility index (Phi) is 4.64. The van der Waals surface area contributed by atoms with Crippen LogP contribution in [0, 0.1) is 0 Å². The summed E-state index contributed by atoms with van der Waals surface area (Å²) in [6.45, 7) is 4.90. The summed E-state index contributed by atoms with van der Waals surface area (Å²) >= 11 is 0. The minimum Gasteiger partial charge on any atom is -0.336 e. The number of rotatable bonds is 4. The van der Waals surface area contributed by atoms with Crippen LogP contribution in [-0.2, 0) is 0 Å². The van der Waals surface area contributed by atoms with Crippen molar-refractivity contribution in [1.29, 1.82) is 0 Å². The Morgan fingerprint density at radius 2 is 2.22 bits per heavy atom. The molecule has 2 rings (SSSR count). The highest BCUT2D eigenvalue weighted by Gasteiger charge is 2.25. The Balaban J connectivity index is 2.11. The van der Waals surface area contributed by atoms with E-state index in [1.54, 1.807) is 18.5 Å². The minimum atomic E-state index is 0.0821. The molecule has 0 aliphatic carbocycles. The van der Waals surface area contributed by atoms with E-state index in [0.717, 1.165) is 38.9 Å². The largest absolute Gasteiger partial charge is 0.336 e. The summed E-state index contributed by atoms with van der Waals surface area (Å²) in [7, 11) is 0. The second-order valence-electron chi connectivity index (χ2n) is 4.61. The summed E-state index contributed by atoms with van der Waals surface area (Å²) in [6.07, 6.45) is 6.16. The molecule has 0 unspecified atom stereocenters. The number of aromatic nitrogens is 2. The van der Waals surface area contributed by atoms with Gasteiger partial charge in [0.2, 0.25) is 0 Å². The minimum absolute atomic E-state index is 0.0821. The van der Waals surface area contributed by atoms with E-state index in [9.17, 15) is 4.79 Å².